The Balaban J connectivity index is 1.54. The molecule has 2 saturated heterocycles. The minimum Gasteiger partial charge on any atom is -0.374 e. The Bertz CT molecular complexity index is 332. The highest BCUT2D eigenvalue weighted by atomic mass is 32.2. The van der Waals surface area contributed by atoms with Crippen molar-refractivity contribution >= 4 is 11.8 Å². The maximum Gasteiger partial charge on any atom is 0.0783 e. The summed E-state index contributed by atoms with van der Waals surface area (Å²) in [5, 5.41) is 0. The predicted molar refractivity (Wildman–Crippen MR) is 91.6 cm³/mol. The summed E-state index contributed by atoms with van der Waals surface area (Å²) in [6, 6.07) is 0.421. The normalized spacial score (nSPS) is 42.6. The molecule has 0 aromatic heterocycles. The lowest BCUT2D eigenvalue weighted by molar-refractivity contribution is -0.0871. The second-order valence-electron chi connectivity index (χ2n) is 8.08. The van der Waals surface area contributed by atoms with Crippen molar-refractivity contribution in [2.75, 3.05) is 18.1 Å². The van der Waals surface area contributed by atoms with Crippen LogP contribution in [0.3, 0.4) is 0 Å². The second-order valence-corrected chi connectivity index (χ2v) is 9.19. The van der Waals surface area contributed by atoms with Gasteiger partial charge in [0.05, 0.1) is 5.60 Å². The highest BCUT2D eigenvalue weighted by Gasteiger charge is 2.43. The van der Waals surface area contributed by atoms with Gasteiger partial charge in [0.15, 0.2) is 0 Å². The lowest BCUT2D eigenvalue weighted by atomic mass is 9.70. The molecule has 0 aromatic rings. The molecule has 1 spiro atoms. The van der Waals surface area contributed by atoms with Crippen LogP contribution in [0, 0.1) is 23.7 Å². The third-order valence-corrected chi connectivity index (χ3v) is 7.67. The van der Waals surface area contributed by atoms with Gasteiger partial charge in [-0.3, -0.25) is 0 Å². The van der Waals surface area contributed by atoms with Crippen LogP contribution in [0.4, 0.5) is 0 Å². The SMILES string of the molecule is CC(C)C1CCC(C(N)C2CCOC3(CCSC3)C2)CC1. The lowest BCUT2D eigenvalue weighted by Gasteiger charge is -2.43. The molecule has 2 aliphatic heterocycles. The first-order valence-electron chi connectivity index (χ1n) is 9.07. The zero-order chi connectivity index (χ0) is 14.9. The van der Waals surface area contributed by atoms with E-state index in [1.165, 1.54) is 56.5 Å². The number of nitrogens with two attached hydrogens (primary N) is 1. The molecule has 3 fully saturated rings. The van der Waals surface area contributed by atoms with Gasteiger partial charge < -0.3 is 10.5 Å². The first-order valence-corrected chi connectivity index (χ1v) is 10.2. The minimum absolute atomic E-state index is 0.195. The third-order valence-electron chi connectivity index (χ3n) is 6.45. The van der Waals surface area contributed by atoms with Crippen LogP contribution in [0.1, 0.15) is 58.8 Å². The van der Waals surface area contributed by atoms with Crippen molar-refractivity contribution in [3.63, 3.8) is 0 Å². The molecule has 1 saturated carbocycles. The standard InChI is InChI=1S/C18H33NOS/c1-13(2)14-3-5-15(6-4-14)17(19)16-7-9-20-18(11-16)8-10-21-12-18/h13-17H,3-12,19H2,1-2H3. The Morgan fingerprint density at radius 1 is 1.05 bits per heavy atom. The molecule has 3 atom stereocenters. The predicted octanol–water partition coefficient (Wildman–Crippen LogP) is 4.08. The molecule has 122 valence electrons. The van der Waals surface area contributed by atoms with E-state index in [1.54, 1.807) is 0 Å². The van der Waals surface area contributed by atoms with Crippen LogP contribution in [-0.2, 0) is 4.74 Å². The highest BCUT2D eigenvalue weighted by Crippen LogP contribution is 2.44. The number of rotatable bonds is 3. The zero-order valence-corrected chi connectivity index (χ0v) is 14.7. The van der Waals surface area contributed by atoms with E-state index in [0.29, 0.717) is 12.0 Å². The summed E-state index contributed by atoms with van der Waals surface area (Å²) in [6.45, 7) is 5.70. The van der Waals surface area contributed by atoms with Crippen LogP contribution in [0.2, 0.25) is 0 Å². The maximum atomic E-state index is 6.73. The Morgan fingerprint density at radius 3 is 2.38 bits per heavy atom. The van der Waals surface area contributed by atoms with Gasteiger partial charge in [-0.15, -0.1) is 0 Å². The van der Waals surface area contributed by atoms with Crippen molar-refractivity contribution in [2.24, 2.45) is 29.4 Å². The van der Waals surface area contributed by atoms with Gasteiger partial charge in [-0.25, -0.2) is 0 Å². The first-order chi connectivity index (χ1) is 10.1. The quantitative estimate of drug-likeness (QED) is 0.853. The molecule has 0 amide bonds. The molecular weight excluding hydrogens is 278 g/mol. The molecule has 2 nitrogen and oxygen atoms in total. The van der Waals surface area contributed by atoms with E-state index in [-0.39, 0.29) is 5.60 Å². The van der Waals surface area contributed by atoms with Crippen LogP contribution >= 0.6 is 11.8 Å². The van der Waals surface area contributed by atoms with Crippen molar-refractivity contribution in [3.8, 4) is 0 Å². The van der Waals surface area contributed by atoms with Gasteiger partial charge in [0.1, 0.15) is 0 Å². The lowest BCUT2D eigenvalue weighted by Crippen LogP contribution is -2.48. The molecule has 0 radical (unpaired) electrons. The average molecular weight is 312 g/mol. The van der Waals surface area contributed by atoms with E-state index in [2.05, 4.69) is 25.6 Å². The van der Waals surface area contributed by atoms with Crippen LogP contribution in [0.25, 0.3) is 0 Å². The first kappa shape index (κ1) is 16.1. The van der Waals surface area contributed by atoms with Crippen LogP contribution in [-0.4, -0.2) is 29.8 Å². The summed E-state index contributed by atoms with van der Waals surface area (Å²) in [7, 11) is 0. The molecular formula is C18H33NOS. The summed E-state index contributed by atoms with van der Waals surface area (Å²) in [5.41, 5.74) is 6.93. The molecule has 3 heteroatoms. The number of hydrogen-bond acceptors (Lipinski definition) is 3. The van der Waals surface area contributed by atoms with E-state index < -0.39 is 0 Å². The monoisotopic (exact) mass is 311 g/mol. The summed E-state index contributed by atoms with van der Waals surface area (Å²) >= 11 is 2.07. The van der Waals surface area contributed by atoms with Crippen molar-refractivity contribution in [1.82, 2.24) is 0 Å². The van der Waals surface area contributed by atoms with Gasteiger partial charge in [0, 0.05) is 18.4 Å². The maximum absolute atomic E-state index is 6.73. The Hall–Kier alpha value is 0.270. The smallest absolute Gasteiger partial charge is 0.0783 e. The molecule has 0 aromatic carbocycles. The van der Waals surface area contributed by atoms with E-state index in [9.17, 15) is 0 Å². The molecule has 3 aliphatic rings. The van der Waals surface area contributed by atoms with Gasteiger partial charge in [0.2, 0.25) is 0 Å². The van der Waals surface area contributed by atoms with Gasteiger partial charge in [-0.1, -0.05) is 13.8 Å². The third kappa shape index (κ3) is 3.61. The molecule has 2 heterocycles. The molecule has 21 heavy (non-hydrogen) atoms. The minimum atomic E-state index is 0.195. The fourth-order valence-corrected chi connectivity index (χ4v) is 6.22. The fourth-order valence-electron chi connectivity index (χ4n) is 4.84. The van der Waals surface area contributed by atoms with Crippen LogP contribution in [0.15, 0.2) is 0 Å². The largest absolute Gasteiger partial charge is 0.374 e. The molecule has 3 unspecified atom stereocenters. The van der Waals surface area contributed by atoms with E-state index in [0.717, 1.165) is 24.4 Å². The molecule has 0 bridgehead atoms. The zero-order valence-electron chi connectivity index (χ0n) is 13.9. The Labute approximate surface area is 135 Å². The van der Waals surface area contributed by atoms with Gasteiger partial charge in [0.25, 0.3) is 0 Å². The molecule has 1 aliphatic carbocycles. The Kier molecular flexibility index (Phi) is 5.23. The van der Waals surface area contributed by atoms with Gasteiger partial charge >= 0.3 is 0 Å². The fraction of sp³-hybridized carbons (Fsp3) is 1.00. The summed E-state index contributed by atoms with van der Waals surface area (Å²) in [4.78, 5) is 0. The molecule has 2 N–H and O–H groups in total. The Morgan fingerprint density at radius 2 is 1.76 bits per heavy atom. The number of thioether (sulfide) groups is 1. The van der Waals surface area contributed by atoms with E-state index in [4.69, 9.17) is 10.5 Å². The summed E-state index contributed by atoms with van der Waals surface area (Å²) < 4.78 is 6.17. The van der Waals surface area contributed by atoms with E-state index in [1.807, 2.05) is 0 Å². The van der Waals surface area contributed by atoms with Gasteiger partial charge in [-0.05, 0) is 74.4 Å². The number of ether oxygens (including phenoxy) is 1. The van der Waals surface area contributed by atoms with Crippen molar-refractivity contribution < 1.29 is 4.74 Å². The highest BCUT2D eigenvalue weighted by molar-refractivity contribution is 7.99. The topological polar surface area (TPSA) is 35.2 Å². The second kappa shape index (κ2) is 6.80. The summed E-state index contributed by atoms with van der Waals surface area (Å²) in [6.07, 6.45) is 9.21. The number of hydrogen-bond donors (Lipinski definition) is 1. The van der Waals surface area contributed by atoms with Gasteiger partial charge in [-0.2, -0.15) is 11.8 Å². The van der Waals surface area contributed by atoms with Crippen molar-refractivity contribution in [2.45, 2.75) is 70.4 Å². The van der Waals surface area contributed by atoms with Crippen molar-refractivity contribution in [3.05, 3.63) is 0 Å². The van der Waals surface area contributed by atoms with Crippen LogP contribution < -0.4 is 5.73 Å². The van der Waals surface area contributed by atoms with Crippen molar-refractivity contribution in [1.29, 1.82) is 0 Å². The molecule has 3 rings (SSSR count). The van der Waals surface area contributed by atoms with E-state index >= 15 is 0 Å². The average Bonchev–Trinajstić information content (AvgIpc) is 2.94. The summed E-state index contributed by atoms with van der Waals surface area (Å²) in [5.74, 6) is 5.76. The van der Waals surface area contributed by atoms with Crippen LogP contribution in [0.5, 0.6) is 0 Å².